The molecule has 5 nitrogen and oxygen atoms in total. The second kappa shape index (κ2) is 16.5. The van der Waals surface area contributed by atoms with Gasteiger partial charge in [0.25, 0.3) is 0 Å². The van der Waals surface area contributed by atoms with E-state index in [0.717, 1.165) is 50.8 Å². The average molecular weight is 917 g/mol. The van der Waals surface area contributed by atoms with Crippen LogP contribution >= 0.6 is 0 Å². The summed E-state index contributed by atoms with van der Waals surface area (Å²) in [6.45, 7) is 9.88. The summed E-state index contributed by atoms with van der Waals surface area (Å²) in [6, 6.07) is 81.0. The lowest BCUT2D eigenvalue weighted by Gasteiger charge is -2.30. The fourth-order valence-electron chi connectivity index (χ4n) is 11.4. The summed E-state index contributed by atoms with van der Waals surface area (Å²) in [6.07, 6.45) is 1.97. The fourth-order valence-corrected chi connectivity index (χ4v) is 11.4. The lowest BCUT2D eigenvalue weighted by atomic mass is 9.74. The van der Waals surface area contributed by atoms with Gasteiger partial charge in [0.05, 0.1) is 28.1 Å². The van der Waals surface area contributed by atoms with Gasteiger partial charge in [0.2, 0.25) is 0 Å². The molecule has 0 N–H and O–H groups in total. The van der Waals surface area contributed by atoms with Gasteiger partial charge in [0.15, 0.2) is 0 Å². The van der Waals surface area contributed by atoms with Crippen LogP contribution in [0.15, 0.2) is 231 Å². The molecule has 342 valence electrons. The molecule has 0 bridgehead atoms. The Balaban J connectivity index is 0.883. The van der Waals surface area contributed by atoms with E-state index >= 15 is 0 Å². The van der Waals surface area contributed by atoms with Crippen LogP contribution in [-0.4, -0.2) is 16.2 Å². The van der Waals surface area contributed by atoms with E-state index in [0.29, 0.717) is 6.67 Å². The number of hydrogen-bond donors (Lipinski definition) is 0. The normalized spacial score (nSPS) is 13.6. The minimum Gasteiger partial charge on any atom is -0.457 e. The van der Waals surface area contributed by atoms with E-state index in [9.17, 15) is 0 Å². The van der Waals surface area contributed by atoms with Gasteiger partial charge in [-0.15, -0.1) is 0 Å². The maximum atomic E-state index is 6.90. The second-order valence-corrected chi connectivity index (χ2v) is 20.1. The maximum absolute atomic E-state index is 6.90. The highest BCUT2D eigenvalue weighted by Crippen LogP contribution is 2.54. The first-order valence-electron chi connectivity index (χ1n) is 24.6. The molecule has 0 atom stereocenters. The van der Waals surface area contributed by atoms with Crippen LogP contribution in [0.3, 0.4) is 0 Å². The molecule has 71 heavy (non-hydrogen) atoms. The molecule has 3 heterocycles. The number of para-hydroxylation sites is 3. The topological polar surface area (TPSA) is 33.5 Å². The van der Waals surface area contributed by atoms with E-state index in [2.05, 4.69) is 267 Å². The number of benzene rings is 9. The Morgan fingerprint density at radius 3 is 1.73 bits per heavy atom. The Labute approximate surface area is 415 Å². The number of ether oxygens (including phenoxy) is 1. The molecule has 2 aromatic heterocycles. The van der Waals surface area contributed by atoms with Crippen LogP contribution in [0, 0.1) is 0 Å². The van der Waals surface area contributed by atoms with Crippen LogP contribution in [0.4, 0.5) is 22.7 Å². The van der Waals surface area contributed by atoms with Gasteiger partial charge in [-0.3, -0.25) is 4.57 Å². The monoisotopic (exact) mass is 916 g/mol. The van der Waals surface area contributed by atoms with Crippen LogP contribution in [-0.2, 0) is 10.8 Å². The Hall–Kier alpha value is -8.67. The highest BCUT2D eigenvalue weighted by molar-refractivity contribution is 6.09. The number of hydrogen-bond acceptors (Lipinski definition) is 4. The predicted molar refractivity (Wildman–Crippen MR) is 294 cm³/mol. The summed E-state index contributed by atoms with van der Waals surface area (Å²) in [5, 5.41) is 2.31. The minimum atomic E-state index is -0.346. The summed E-state index contributed by atoms with van der Waals surface area (Å²) < 4.78 is 9.19. The van der Waals surface area contributed by atoms with Gasteiger partial charge in [-0.25, -0.2) is 4.98 Å². The molecule has 0 radical (unpaired) electrons. The zero-order valence-electron chi connectivity index (χ0n) is 40.3. The number of rotatable bonds is 8. The third-order valence-electron chi connectivity index (χ3n) is 14.9. The summed E-state index contributed by atoms with van der Waals surface area (Å²) in [4.78, 5) is 9.99. The van der Waals surface area contributed by atoms with E-state index in [1.807, 2.05) is 6.20 Å². The second-order valence-electron chi connectivity index (χ2n) is 20.1. The van der Waals surface area contributed by atoms with Crippen molar-refractivity contribution >= 4 is 44.6 Å². The van der Waals surface area contributed by atoms with Crippen molar-refractivity contribution in [3.05, 3.63) is 253 Å². The zero-order valence-corrected chi connectivity index (χ0v) is 40.3. The largest absolute Gasteiger partial charge is 0.457 e. The number of aromatic nitrogens is 2. The molecule has 0 saturated carbocycles. The zero-order chi connectivity index (χ0) is 47.8. The van der Waals surface area contributed by atoms with Crippen LogP contribution in [0.1, 0.15) is 49.9 Å². The summed E-state index contributed by atoms with van der Waals surface area (Å²) in [7, 11) is 0. The lowest BCUT2D eigenvalue weighted by Crippen LogP contribution is -2.25. The lowest BCUT2D eigenvalue weighted by molar-refractivity contribution is 0.483. The highest BCUT2D eigenvalue weighted by atomic mass is 16.5. The van der Waals surface area contributed by atoms with Crippen LogP contribution < -0.4 is 14.5 Å². The first kappa shape index (κ1) is 42.4. The molecule has 1 aliphatic carbocycles. The third-order valence-corrected chi connectivity index (χ3v) is 14.9. The number of nitrogens with zero attached hydrogens (tertiary/aromatic N) is 4. The van der Waals surface area contributed by atoms with Crippen LogP contribution in [0.5, 0.6) is 11.5 Å². The molecule has 1 aliphatic heterocycles. The van der Waals surface area contributed by atoms with Gasteiger partial charge in [0.1, 0.15) is 24.0 Å². The summed E-state index contributed by atoms with van der Waals surface area (Å²) in [5.41, 5.74) is 18.8. The van der Waals surface area contributed by atoms with Crippen molar-refractivity contribution in [2.75, 3.05) is 16.5 Å². The molecular formula is C66H52N4O. The van der Waals surface area contributed by atoms with E-state index in [4.69, 9.17) is 9.72 Å². The Morgan fingerprint density at radius 1 is 0.479 bits per heavy atom. The molecule has 5 heteroatoms. The number of anilines is 4. The first-order valence-corrected chi connectivity index (χ1v) is 24.6. The van der Waals surface area contributed by atoms with Crippen molar-refractivity contribution in [2.24, 2.45) is 0 Å². The molecule has 0 amide bonds. The standard InChI is InChI=1S/C66H52N4O/c1-65(2,3)47-38-55(44-20-7-5-8-21-44)64(56(39-47)45-22-9-6-10-23-45)69-43-68(60-32-17-18-33-61(60)69)48-24-19-25-49(41-48)71-50-34-35-54-53-28-13-16-31-59(53)70(62(54)42-50)63-40-46(36-37-67-63)66(4)57-29-14-11-26-51(57)52-27-12-15-30-58(52)66/h5-42H,43H2,1-4H3. The van der Waals surface area contributed by atoms with Gasteiger partial charge < -0.3 is 14.5 Å². The molecular weight excluding hydrogens is 865 g/mol. The summed E-state index contributed by atoms with van der Waals surface area (Å²) in [5.74, 6) is 2.38. The van der Waals surface area contributed by atoms with Gasteiger partial charge in [-0.05, 0) is 124 Å². The molecule has 0 fully saturated rings. The van der Waals surface area contributed by atoms with E-state index in [-0.39, 0.29) is 10.8 Å². The highest BCUT2D eigenvalue weighted by Gasteiger charge is 2.41. The number of pyridine rings is 1. The van der Waals surface area contributed by atoms with E-state index in [1.54, 1.807) is 0 Å². The van der Waals surface area contributed by atoms with Crippen molar-refractivity contribution in [2.45, 2.75) is 38.5 Å². The van der Waals surface area contributed by atoms with Crippen LogP contribution in [0.25, 0.3) is 61.0 Å². The van der Waals surface area contributed by atoms with Crippen molar-refractivity contribution in [3.63, 3.8) is 0 Å². The molecule has 0 spiro atoms. The Morgan fingerprint density at radius 2 is 1.06 bits per heavy atom. The van der Waals surface area contributed by atoms with Gasteiger partial charge in [0, 0.05) is 51.3 Å². The summed E-state index contributed by atoms with van der Waals surface area (Å²) >= 11 is 0. The smallest absolute Gasteiger partial charge is 0.137 e. The van der Waals surface area contributed by atoms with E-state index < -0.39 is 0 Å². The molecule has 0 saturated heterocycles. The molecule has 11 aromatic rings. The van der Waals surface area contributed by atoms with Crippen molar-refractivity contribution < 1.29 is 4.74 Å². The minimum absolute atomic E-state index is 0.0569. The Kier molecular flexibility index (Phi) is 9.86. The molecule has 2 aliphatic rings. The third kappa shape index (κ3) is 6.94. The molecule has 9 aromatic carbocycles. The van der Waals surface area contributed by atoms with Crippen molar-refractivity contribution in [1.29, 1.82) is 0 Å². The van der Waals surface area contributed by atoms with Crippen molar-refractivity contribution in [1.82, 2.24) is 9.55 Å². The fraction of sp³-hybridized carbons (Fsp3) is 0.106. The first-order chi connectivity index (χ1) is 34.7. The molecule has 13 rings (SSSR count). The van der Waals surface area contributed by atoms with Crippen LogP contribution in [0.2, 0.25) is 0 Å². The van der Waals surface area contributed by atoms with Gasteiger partial charge >= 0.3 is 0 Å². The quantitative estimate of drug-likeness (QED) is 0.152. The van der Waals surface area contributed by atoms with Crippen molar-refractivity contribution in [3.8, 4) is 50.7 Å². The van der Waals surface area contributed by atoms with E-state index in [1.165, 1.54) is 66.7 Å². The number of fused-ring (bicyclic) bond motifs is 7. The molecule has 0 unspecified atom stereocenters. The average Bonchev–Trinajstić information content (AvgIpc) is 4.05. The SMILES string of the molecule is CC(C)(C)c1cc(-c2ccccc2)c(N2CN(c3cccc(Oc4ccc5c6ccccc6n(-c6cc(C7(C)c8ccccc8-c8ccccc87)ccn6)c5c4)c3)c3ccccc32)c(-c2ccccc2)c1. The van der Waals surface area contributed by atoms with Gasteiger partial charge in [-0.1, -0.05) is 166 Å². The maximum Gasteiger partial charge on any atom is 0.137 e. The van der Waals surface area contributed by atoms with Gasteiger partial charge in [-0.2, -0.15) is 0 Å². The Bertz CT molecular complexity index is 3740. The predicted octanol–water partition coefficient (Wildman–Crippen LogP) is 17.2.